The minimum Gasteiger partial charge on any atom is -0.494 e. The van der Waals surface area contributed by atoms with Gasteiger partial charge in [-0.3, -0.25) is 9.69 Å². The quantitative estimate of drug-likeness (QED) is 0.633. The van der Waals surface area contributed by atoms with Crippen LogP contribution in [0.5, 0.6) is 5.75 Å². The maximum atomic E-state index is 12.1. The van der Waals surface area contributed by atoms with Crippen molar-refractivity contribution in [2.24, 2.45) is 0 Å². The van der Waals surface area contributed by atoms with Gasteiger partial charge in [0.05, 0.1) is 12.4 Å². The zero-order valence-corrected chi connectivity index (χ0v) is 17.5. The van der Waals surface area contributed by atoms with E-state index in [0.29, 0.717) is 18.9 Å². The molecular weight excluding hydrogens is 368 g/mol. The number of piperidine rings is 1. The lowest BCUT2D eigenvalue weighted by atomic mass is 10.1. The van der Waals surface area contributed by atoms with Crippen molar-refractivity contribution in [2.75, 3.05) is 25.4 Å². The van der Waals surface area contributed by atoms with Crippen LogP contribution in [0, 0.1) is 0 Å². The number of nitrogens with zero attached hydrogens (tertiary/aromatic N) is 1. The minimum atomic E-state index is 0.0521. The molecule has 0 saturated carbocycles. The van der Waals surface area contributed by atoms with Gasteiger partial charge in [-0.1, -0.05) is 30.7 Å². The topological polar surface area (TPSA) is 41.6 Å². The zero-order valence-electron chi connectivity index (χ0n) is 16.7. The van der Waals surface area contributed by atoms with Crippen LogP contribution in [0.3, 0.4) is 0 Å². The predicted octanol–water partition coefficient (Wildman–Crippen LogP) is 4.48. The highest BCUT2D eigenvalue weighted by Gasteiger charge is 2.10. The van der Waals surface area contributed by atoms with Crippen molar-refractivity contribution in [1.82, 2.24) is 10.2 Å². The number of hydrogen-bond acceptors (Lipinski definition) is 4. The molecule has 1 fully saturated rings. The SMILES string of the molecule is CCOc1ccc(SCC(=O)NCc2ccc(CN3CCCCC3)cc2)cc1. The normalized spacial score (nSPS) is 14.6. The third-order valence-electron chi connectivity index (χ3n) is 4.87. The number of hydrogen-bond donors (Lipinski definition) is 1. The molecule has 0 atom stereocenters. The molecule has 0 radical (unpaired) electrons. The number of nitrogens with one attached hydrogen (secondary N) is 1. The molecule has 4 nitrogen and oxygen atoms in total. The molecule has 1 aliphatic rings. The van der Waals surface area contributed by atoms with Crippen molar-refractivity contribution in [2.45, 2.75) is 44.2 Å². The van der Waals surface area contributed by atoms with Crippen molar-refractivity contribution in [3.63, 3.8) is 0 Å². The monoisotopic (exact) mass is 398 g/mol. The molecule has 0 spiro atoms. The van der Waals surface area contributed by atoms with Crippen molar-refractivity contribution < 1.29 is 9.53 Å². The average molecular weight is 399 g/mol. The molecule has 5 heteroatoms. The second kappa shape index (κ2) is 11.1. The van der Waals surface area contributed by atoms with Gasteiger partial charge in [-0.25, -0.2) is 0 Å². The molecule has 1 saturated heterocycles. The van der Waals surface area contributed by atoms with E-state index in [1.807, 2.05) is 31.2 Å². The average Bonchev–Trinajstić information content (AvgIpc) is 2.74. The standard InChI is InChI=1S/C23H30N2O2S/c1-2-27-21-10-12-22(13-11-21)28-18-23(26)24-16-19-6-8-20(9-7-19)17-25-14-4-3-5-15-25/h6-13H,2-5,14-18H2,1H3,(H,24,26). The molecule has 28 heavy (non-hydrogen) atoms. The van der Waals surface area contributed by atoms with Crippen LogP contribution in [-0.4, -0.2) is 36.3 Å². The van der Waals surface area contributed by atoms with Gasteiger partial charge in [0.1, 0.15) is 5.75 Å². The molecule has 2 aromatic carbocycles. The van der Waals surface area contributed by atoms with Crippen LogP contribution in [0.2, 0.25) is 0 Å². The molecule has 150 valence electrons. The maximum Gasteiger partial charge on any atom is 0.230 e. The van der Waals surface area contributed by atoms with Gasteiger partial charge in [0, 0.05) is 18.0 Å². The Morgan fingerprint density at radius 2 is 1.68 bits per heavy atom. The molecule has 0 bridgehead atoms. The van der Waals surface area contributed by atoms with Crippen molar-refractivity contribution in [1.29, 1.82) is 0 Å². The van der Waals surface area contributed by atoms with E-state index < -0.39 is 0 Å². The fraction of sp³-hybridized carbons (Fsp3) is 0.435. The lowest BCUT2D eigenvalue weighted by molar-refractivity contribution is -0.118. The van der Waals surface area contributed by atoms with Gasteiger partial charge >= 0.3 is 0 Å². The van der Waals surface area contributed by atoms with Gasteiger partial charge < -0.3 is 10.1 Å². The van der Waals surface area contributed by atoms with Crippen LogP contribution in [0.1, 0.15) is 37.3 Å². The highest BCUT2D eigenvalue weighted by molar-refractivity contribution is 8.00. The van der Waals surface area contributed by atoms with Gasteiger partial charge in [0.15, 0.2) is 0 Å². The number of thioether (sulfide) groups is 1. The second-order valence-corrected chi connectivity index (χ2v) is 8.17. The summed E-state index contributed by atoms with van der Waals surface area (Å²) in [5.74, 6) is 1.33. The summed E-state index contributed by atoms with van der Waals surface area (Å²) in [7, 11) is 0. The van der Waals surface area contributed by atoms with Gasteiger partial charge in [0.25, 0.3) is 0 Å². The van der Waals surface area contributed by atoms with Crippen molar-refractivity contribution in [3.8, 4) is 5.75 Å². The largest absolute Gasteiger partial charge is 0.494 e. The summed E-state index contributed by atoms with van der Waals surface area (Å²) in [5.41, 5.74) is 2.49. The first-order chi connectivity index (χ1) is 13.7. The fourth-order valence-electron chi connectivity index (χ4n) is 3.34. The number of likely N-dealkylation sites (tertiary alicyclic amines) is 1. The van der Waals surface area contributed by atoms with E-state index in [0.717, 1.165) is 22.8 Å². The predicted molar refractivity (Wildman–Crippen MR) is 116 cm³/mol. The molecule has 0 aromatic heterocycles. The Labute approximate surface area is 172 Å². The summed E-state index contributed by atoms with van der Waals surface area (Å²) in [4.78, 5) is 15.7. The van der Waals surface area contributed by atoms with Crippen molar-refractivity contribution >= 4 is 17.7 Å². The summed E-state index contributed by atoms with van der Waals surface area (Å²) >= 11 is 1.54. The third-order valence-corrected chi connectivity index (χ3v) is 5.88. The molecule has 1 amide bonds. The Morgan fingerprint density at radius 3 is 2.36 bits per heavy atom. The number of ether oxygens (including phenoxy) is 1. The zero-order chi connectivity index (χ0) is 19.6. The molecule has 1 N–H and O–H groups in total. The van der Waals surface area contributed by atoms with E-state index >= 15 is 0 Å². The van der Waals surface area contributed by atoms with E-state index in [4.69, 9.17) is 4.74 Å². The number of carbonyl (C=O) groups is 1. The van der Waals surface area contributed by atoms with Crippen molar-refractivity contribution in [3.05, 3.63) is 59.7 Å². The summed E-state index contributed by atoms with van der Waals surface area (Å²) in [6.07, 6.45) is 4.00. The van der Waals surface area contributed by atoms with Gasteiger partial charge in [-0.2, -0.15) is 0 Å². The Kier molecular flexibility index (Phi) is 8.24. The summed E-state index contributed by atoms with van der Waals surface area (Å²) < 4.78 is 5.43. The minimum absolute atomic E-state index is 0.0521. The summed E-state index contributed by atoms with van der Waals surface area (Å²) in [5, 5.41) is 3.01. The van der Waals surface area contributed by atoms with E-state index in [-0.39, 0.29) is 5.91 Å². The van der Waals surface area contributed by atoms with Crippen LogP contribution in [0.4, 0.5) is 0 Å². The second-order valence-electron chi connectivity index (χ2n) is 7.12. The molecule has 1 aliphatic heterocycles. The van der Waals surface area contributed by atoms with E-state index in [1.54, 1.807) is 0 Å². The van der Waals surface area contributed by atoms with Gasteiger partial charge in [0.2, 0.25) is 5.91 Å². The molecule has 1 heterocycles. The number of benzene rings is 2. The van der Waals surface area contributed by atoms with E-state index in [9.17, 15) is 4.79 Å². The number of carbonyl (C=O) groups excluding carboxylic acids is 1. The first-order valence-corrected chi connectivity index (χ1v) is 11.1. The van der Waals surface area contributed by atoms with E-state index in [1.165, 1.54) is 49.7 Å². The first kappa shape index (κ1) is 20.7. The summed E-state index contributed by atoms with van der Waals surface area (Å²) in [6, 6.07) is 16.5. The first-order valence-electron chi connectivity index (χ1n) is 10.2. The smallest absolute Gasteiger partial charge is 0.230 e. The van der Waals surface area contributed by atoms with Crippen LogP contribution in [0.25, 0.3) is 0 Å². The number of amides is 1. The Balaban J connectivity index is 1.37. The summed E-state index contributed by atoms with van der Waals surface area (Å²) in [6.45, 7) is 6.66. The Morgan fingerprint density at radius 1 is 1.00 bits per heavy atom. The number of rotatable bonds is 9. The maximum absolute atomic E-state index is 12.1. The molecular formula is C23H30N2O2S. The van der Waals surface area contributed by atoms with Gasteiger partial charge in [-0.15, -0.1) is 11.8 Å². The Bertz CT molecular complexity index is 725. The van der Waals surface area contributed by atoms with Crippen LogP contribution >= 0.6 is 11.8 Å². The third kappa shape index (κ3) is 6.88. The lowest BCUT2D eigenvalue weighted by Gasteiger charge is -2.26. The Hall–Kier alpha value is -1.98. The molecule has 0 unspecified atom stereocenters. The molecule has 3 rings (SSSR count). The van der Waals surface area contributed by atoms with Gasteiger partial charge in [-0.05, 0) is 68.2 Å². The fourth-order valence-corrected chi connectivity index (χ4v) is 4.07. The lowest BCUT2D eigenvalue weighted by Crippen LogP contribution is -2.29. The van der Waals surface area contributed by atoms with Crippen LogP contribution in [-0.2, 0) is 17.9 Å². The molecule has 2 aromatic rings. The van der Waals surface area contributed by atoms with E-state index in [2.05, 4.69) is 34.5 Å². The molecule has 0 aliphatic carbocycles. The highest BCUT2D eigenvalue weighted by atomic mass is 32.2. The highest BCUT2D eigenvalue weighted by Crippen LogP contribution is 2.21. The van der Waals surface area contributed by atoms with Crippen LogP contribution in [0.15, 0.2) is 53.4 Å². The van der Waals surface area contributed by atoms with Crippen LogP contribution < -0.4 is 10.1 Å².